The molecule has 7 heteroatoms. The van der Waals surface area contributed by atoms with Crippen LogP contribution in [0.3, 0.4) is 0 Å². The molecule has 35 heavy (non-hydrogen) atoms. The van der Waals surface area contributed by atoms with Gasteiger partial charge in [0.25, 0.3) is 0 Å². The molecule has 4 rings (SSSR count). The van der Waals surface area contributed by atoms with Crippen LogP contribution in [0.1, 0.15) is 22.3 Å². The number of nitrogens with zero attached hydrogens (tertiary/aromatic N) is 2. The molecule has 0 unspecified atom stereocenters. The predicted molar refractivity (Wildman–Crippen MR) is 156 cm³/mol. The maximum absolute atomic E-state index is 6.39. The molecular weight excluding hydrogens is 654 g/mol. The molecule has 0 aliphatic carbocycles. The summed E-state index contributed by atoms with van der Waals surface area (Å²) in [7, 11) is 1.25. The molecule has 4 aromatic carbocycles. The zero-order valence-electron chi connectivity index (χ0n) is 19.0. The van der Waals surface area contributed by atoms with Crippen LogP contribution >= 0.6 is 51.7 Å². The average Bonchev–Trinajstić information content (AvgIpc) is 2.88. The molecule has 0 spiro atoms. The standard InChI is InChI=1S/C28H22Cl2N2.2BrH.Ni/c1-19-23(29)15-9-17-25(19)31-27(21-11-5-3-6-12-21)28(22-13-7-4-8-14-22)32-26-18-10-16-24(30)20(26)2;;;/h3-18H,1-2H3;2*1H;/q;;;+2/p-2. The first-order valence-corrected chi connectivity index (χ1v) is 16.2. The molecule has 4 aromatic rings. The third kappa shape index (κ3) is 7.62. The van der Waals surface area contributed by atoms with Crippen molar-refractivity contribution in [1.82, 2.24) is 0 Å². The van der Waals surface area contributed by atoms with Crippen LogP contribution in [0.2, 0.25) is 10.0 Å². The molecule has 0 saturated heterocycles. The van der Waals surface area contributed by atoms with Crippen LogP contribution in [0.15, 0.2) is 107 Å². The second kappa shape index (κ2) is 14.1. The number of benzene rings is 4. The Hall–Kier alpha value is -1.75. The molecule has 0 bridgehead atoms. The van der Waals surface area contributed by atoms with E-state index in [1.165, 1.54) is 10.9 Å². The number of hydrogen-bond acceptors (Lipinski definition) is 2. The molecule has 0 aromatic heterocycles. The van der Waals surface area contributed by atoms with Gasteiger partial charge in [0.1, 0.15) is 0 Å². The first kappa shape index (κ1) is 27.8. The molecule has 0 atom stereocenters. The quantitative estimate of drug-likeness (QED) is 0.149. The van der Waals surface area contributed by atoms with Crippen molar-refractivity contribution < 1.29 is 10.9 Å². The zero-order valence-corrected chi connectivity index (χ0v) is 24.6. The van der Waals surface area contributed by atoms with E-state index in [1.54, 1.807) is 0 Å². The summed E-state index contributed by atoms with van der Waals surface area (Å²) < 4.78 is 0. The summed E-state index contributed by atoms with van der Waals surface area (Å²) in [6.07, 6.45) is 0. The Morgan fingerprint density at radius 2 is 0.914 bits per heavy atom. The minimum absolute atomic E-state index is 0.683. The van der Waals surface area contributed by atoms with E-state index >= 15 is 0 Å². The molecule has 182 valence electrons. The molecule has 2 nitrogen and oxygen atoms in total. The van der Waals surface area contributed by atoms with E-state index in [0.717, 1.165) is 45.1 Å². The Morgan fingerprint density at radius 1 is 0.571 bits per heavy atom. The fourth-order valence-electron chi connectivity index (χ4n) is 3.38. The fourth-order valence-corrected chi connectivity index (χ4v) is 3.71. The van der Waals surface area contributed by atoms with Gasteiger partial charge in [0, 0.05) is 21.2 Å². The van der Waals surface area contributed by atoms with Crippen molar-refractivity contribution in [2.24, 2.45) is 9.98 Å². The van der Waals surface area contributed by atoms with Gasteiger partial charge in [-0.25, -0.2) is 9.98 Å². The van der Waals surface area contributed by atoms with Crippen molar-refractivity contribution in [3.05, 3.63) is 129 Å². The van der Waals surface area contributed by atoms with Gasteiger partial charge in [-0.1, -0.05) is 96.0 Å². The van der Waals surface area contributed by atoms with Crippen molar-refractivity contribution in [3.8, 4) is 0 Å². The van der Waals surface area contributed by atoms with Crippen molar-refractivity contribution >= 4 is 74.5 Å². The number of aliphatic imine (C=N–C) groups is 2. The van der Waals surface area contributed by atoms with Crippen LogP contribution < -0.4 is 0 Å². The summed E-state index contributed by atoms with van der Waals surface area (Å²) in [5.74, 6) is 0. The number of hydrogen-bond donors (Lipinski definition) is 0. The van der Waals surface area contributed by atoms with Gasteiger partial charge < -0.3 is 0 Å². The van der Waals surface area contributed by atoms with Crippen molar-refractivity contribution in [1.29, 1.82) is 0 Å². The van der Waals surface area contributed by atoms with E-state index in [1.807, 2.05) is 111 Å². The molecule has 0 saturated carbocycles. The van der Waals surface area contributed by atoms with Crippen LogP contribution in [0.4, 0.5) is 11.4 Å². The van der Waals surface area contributed by atoms with Gasteiger partial charge in [0.15, 0.2) is 0 Å². The van der Waals surface area contributed by atoms with Crippen molar-refractivity contribution in [3.63, 3.8) is 0 Å². The maximum atomic E-state index is 6.39. The van der Waals surface area contributed by atoms with Crippen LogP contribution in [-0.4, -0.2) is 11.4 Å². The Labute approximate surface area is 236 Å². The third-order valence-electron chi connectivity index (χ3n) is 5.26. The predicted octanol–water partition coefficient (Wildman–Crippen LogP) is 10.2. The van der Waals surface area contributed by atoms with Crippen LogP contribution in [0.5, 0.6) is 0 Å². The summed E-state index contributed by atoms with van der Waals surface area (Å²) in [5.41, 5.74) is 6.93. The molecule has 0 aliphatic rings. The van der Waals surface area contributed by atoms with Gasteiger partial charge in [-0.3, -0.25) is 0 Å². The van der Waals surface area contributed by atoms with Crippen molar-refractivity contribution in [2.75, 3.05) is 0 Å². The second-order valence-electron chi connectivity index (χ2n) is 7.47. The van der Waals surface area contributed by atoms with E-state index in [-0.39, 0.29) is 0 Å². The van der Waals surface area contributed by atoms with Crippen LogP contribution in [-0.2, 0) is 10.9 Å². The van der Waals surface area contributed by atoms with Gasteiger partial charge in [-0.2, -0.15) is 0 Å². The van der Waals surface area contributed by atoms with E-state index in [4.69, 9.17) is 33.2 Å². The average molecular weight is 676 g/mol. The topological polar surface area (TPSA) is 24.7 Å². The van der Waals surface area contributed by atoms with Crippen molar-refractivity contribution in [2.45, 2.75) is 13.8 Å². The van der Waals surface area contributed by atoms with Gasteiger partial charge in [-0.15, -0.1) is 0 Å². The molecule has 0 amide bonds. The summed E-state index contributed by atoms with van der Waals surface area (Å²) in [6.45, 7) is 3.95. The zero-order chi connectivity index (χ0) is 25.2. The van der Waals surface area contributed by atoms with Gasteiger partial charge in [0.2, 0.25) is 0 Å². The first-order chi connectivity index (χ1) is 17.0. The third-order valence-corrected chi connectivity index (χ3v) is 6.08. The fraction of sp³-hybridized carbons (Fsp3) is 0.0714. The van der Waals surface area contributed by atoms with E-state index < -0.39 is 0 Å². The molecule has 0 radical (unpaired) electrons. The van der Waals surface area contributed by atoms with Gasteiger partial charge in [0.05, 0.1) is 22.8 Å². The Balaban J connectivity index is 0.00000108. The Morgan fingerprint density at radius 3 is 1.26 bits per heavy atom. The summed E-state index contributed by atoms with van der Waals surface area (Å²) in [6, 6.07) is 31.7. The Kier molecular flexibility index (Phi) is 11.2. The summed E-state index contributed by atoms with van der Waals surface area (Å²) >= 11 is 18.8. The minimum atomic E-state index is 0.683. The summed E-state index contributed by atoms with van der Waals surface area (Å²) in [5, 5.41) is 1.37. The second-order valence-corrected chi connectivity index (χ2v) is 13.3. The SMILES string of the molecule is Cc1c(Cl)cccc1N=C(C(=Nc1cccc(Cl)c1C)c1ccccc1)c1ccccc1.[Br][Ni][Br]. The normalized spacial score (nSPS) is 11.7. The first-order valence-electron chi connectivity index (χ1n) is 10.6. The monoisotopic (exact) mass is 672 g/mol. The van der Waals surface area contributed by atoms with Gasteiger partial charge in [-0.05, 0) is 49.2 Å². The molecule has 0 N–H and O–H groups in total. The number of rotatable bonds is 5. The van der Waals surface area contributed by atoms with Crippen LogP contribution in [0.25, 0.3) is 0 Å². The number of halogens is 4. The van der Waals surface area contributed by atoms with E-state index in [0.29, 0.717) is 10.0 Å². The van der Waals surface area contributed by atoms with E-state index in [9.17, 15) is 0 Å². The summed E-state index contributed by atoms with van der Waals surface area (Å²) in [4.78, 5) is 10.2. The molecular formula is C28H22Br2Cl2N2Ni. The molecule has 0 heterocycles. The van der Waals surface area contributed by atoms with E-state index in [2.05, 4.69) is 28.5 Å². The Bertz CT molecular complexity index is 1220. The van der Waals surface area contributed by atoms with Gasteiger partial charge >= 0.3 is 39.3 Å². The molecule has 0 aliphatic heterocycles. The van der Waals surface area contributed by atoms with Crippen LogP contribution in [0, 0.1) is 13.8 Å². The molecule has 0 fully saturated rings.